The van der Waals surface area contributed by atoms with Crippen LogP contribution in [0.5, 0.6) is 11.5 Å². The van der Waals surface area contributed by atoms with E-state index >= 15 is 0 Å². The minimum atomic E-state index is -0.0837. The molecule has 1 aliphatic heterocycles. The van der Waals surface area contributed by atoms with Crippen molar-refractivity contribution in [3.05, 3.63) is 82.4 Å². The molecule has 6 heteroatoms. The molecule has 2 aromatic heterocycles. The van der Waals surface area contributed by atoms with Crippen LogP contribution in [0.15, 0.2) is 60.0 Å². The van der Waals surface area contributed by atoms with E-state index in [1.54, 1.807) is 11.3 Å². The van der Waals surface area contributed by atoms with Gasteiger partial charge in [0.15, 0.2) is 11.5 Å². The van der Waals surface area contributed by atoms with Crippen LogP contribution in [-0.4, -0.2) is 17.3 Å². The van der Waals surface area contributed by atoms with E-state index < -0.39 is 0 Å². The average Bonchev–Trinajstić information content (AvgIpc) is 3.44. The number of aryl methyl sites for hydroxylation is 1. The van der Waals surface area contributed by atoms with Crippen LogP contribution < -0.4 is 14.8 Å². The lowest BCUT2D eigenvalue weighted by Crippen LogP contribution is -2.25. The molecule has 0 fully saturated rings. The SMILES string of the molecule is Cc1ccccc1Cn1c(C(=O)NCc2ccc3c(c2)OCO3)cc2sccc21. The monoisotopic (exact) mass is 404 g/mol. The molecule has 1 aliphatic rings. The first kappa shape index (κ1) is 17.8. The number of thiophene rings is 1. The number of rotatable bonds is 5. The van der Waals surface area contributed by atoms with Gasteiger partial charge in [-0.25, -0.2) is 0 Å². The molecule has 0 spiro atoms. The number of fused-ring (bicyclic) bond motifs is 2. The molecule has 0 atom stereocenters. The van der Waals surface area contributed by atoms with E-state index in [-0.39, 0.29) is 12.7 Å². The Morgan fingerprint density at radius 1 is 1.10 bits per heavy atom. The molecule has 3 heterocycles. The Kier molecular flexibility index (Phi) is 4.48. The van der Waals surface area contributed by atoms with E-state index in [4.69, 9.17) is 9.47 Å². The van der Waals surface area contributed by atoms with Crippen LogP contribution in [0, 0.1) is 6.92 Å². The van der Waals surface area contributed by atoms with Crippen LogP contribution in [0.25, 0.3) is 10.2 Å². The lowest BCUT2D eigenvalue weighted by molar-refractivity contribution is 0.0942. The van der Waals surface area contributed by atoms with Crippen LogP contribution >= 0.6 is 11.3 Å². The molecular formula is C23H20N2O3S. The second-order valence-corrected chi connectivity index (χ2v) is 8.03. The Hall–Kier alpha value is -3.25. The van der Waals surface area contributed by atoms with Gasteiger partial charge in [0.25, 0.3) is 5.91 Å². The van der Waals surface area contributed by atoms with E-state index in [0.29, 0.717) is 18.8 Å². The van der Waals surface area contributed by atoms with E-state index in [2.05, 4.69) is 40.4 Å². The summed E-state index contributed by atoms with van der Waals surface area (Å²) in [4.78, 5) is 13.0. The molecule has 2 aromatic carbocycles. The molecule has 1 N–H and O–H groups in total. The van der Waals surface area contributed by atoms with Crippen LogP contribution in [0.4, 0.5) is 0 Å². The highest BCUT2D eigenvalue weighted by molar-refractivity contribution is 7.17. The van der Waals surface area contributed by atoms with Crippen molar-refractivity contribution in [3.63, 3.8) is 0 Å². The largest absolute Gasteiger partial charge is 0.454 e. The van der Waals surface area contributed by atoms with Gasteiger partial charge in [-0.1, -0.05) is 30.3 Å². The minimum absolute atomic E-state index is 0.0837. The predicted octanol–water partition coefficient (Wildman–Crippen LogP) is 4.72. The number of benzene rings is 2. The van der Waals surface area contributed by atoms with Crippen molar-refractivity contribution in [3.8, 4) is 11.5 Å². The van der Waals surface area contributed by atoms with Crippen molar-refractivity contribution < 1.29 is 14.3 Å². The maximum absolute atomic E-state index is 13.0. The van der Waals surface area contributed by atoms with Crippen LogP contribution in [0.1, 0.15) is 27.2 Å². The highest BCUT2D eigenvalue weighted by Gasteiger charge is 2.18. The predicted molar refractivity (Wildman–Crippen MR) is 114 cm³/mol. The number of ether oxygens (including phenoxy) is 2. The molecule has 5 rings (SSSR count). The Balaban J connectivity index is 1.40. The Bertz CT molecular complexity index is 1210. The van der Waals surface area contributed by atoms with E-state index in [1.165, 1.54) is 11.1 Å². The number of hydrogen-bond donors (Lipinski definition) is 1. The van der Waals surface area contributed by atoms with Gasteiger partial charge in [-0.15, -0.1) is 11.3 Å². The van der Waals surface area contributed by atoms with Crippen LogP contribution in [0.2, 0.25) is 0 Å². The fourth-order valence-electron chi connectivity index (χ4n) is 3.62. The molecule has 0 aliphatic carbocycles. The summed E-state index contributed by atoms with van der Waals surface area (Å²) in [6.45, 7) is 3.44. The first-order chi connectivity index (χ1) is 14.2. The molecule has 0 unspecified atom stereocenters. The summed E-state index contributed by atoms with van der Waals surface area (Å²) in [5.74, 6) is 1.38. The zero-order valence-electron chi connectivity index (χ0n) is 16.0. The van der Waals surface area contributed by atoms with Gasteiger partial charge in [-0.3, -0.25) is 4.79 Å². The van der Waals surface area contributed by atoms with Gasteiger partial charge in [0, 0.05) is 13.1 Å². The van der Waals surface area contributed by atoms with Gasteiger partial charge in [-0.2, -0.15) is 0 Å². The second-order valence-electron chi connectivity index (χ2n) is 7.08. The summed E-state index contributed by atoms with van der Waals surface area (Å²) in [7, 11) is 0. The summed E-state index contributed by atoms with van der Waals surface area (Å²) < 4.78 is 14.0. The molecule has 146 valence electrons. The number of carbonyl (C=O) groups is 1. The topological polar surface area (TPSA) is 52.5 Å². The fraction of sp³-hybridized carbons (Fsp3) is 0.174. The van der Waals surface area contributed by atoms with Crippen molar-refractivity contribution >= 4 is 27.5 Å². The van der Waals surface area contributed by atoms with Gasteiger partial charge in [0.1, 0.15) is 5.69 Å². The van der Waals surface area contributed by atoms with Crippen molar-refractivity contribution in [1.82, 2.24) is 9.88 Å². The third-order valence-corrected chi connectivity index (χ3v) is 6.09. The van der Waals surface area contributed by atoms with Gasteiger partial charge < -0.3 is 19.4 Å². The average molecular weight is 404 g/mol. The van der Waals surface area contributed by atoms with Crippen molar-refractivity contribution in [2.75, 3.05) is 6.79 Å². The standard InChI is InChI=1S/C23H20N2O3S/c1-15-4-2-3-5-17(15)13-25-18-8-9-29-22(18)11-19(25)23(26)24-12-16-6-7-20-21(10-16)28-14-27-20/h2-11H,12-14H2,1H3,(H,24,26). The number of hydrogen-bond acceptors (Lipinski definition) is 4. The molecule has 0 saturated carbocycles. The summed E-state index contributed by atoms with van der Waals surface area (Å²) >= 11 is 1.65. The highest BCUT2D eigenvalue weighted by Crippen LogP contribution is 2.32. The molecule has 5 nitrogen and oxygen atoms in total. The zero-order valence-corrected chi connectivity index (χ0v) is 16.8. The van der Waals surface area contributed by atoms with Crippen molar-refractivity contribution in [2.24, 2.45) is 0 Å². The third kappa shape index (κ3) is 3.36. The number of nitrogens with one attached hydrogen (secondary N) is 1. The molecule has 0 bridgehead atoms. The van der Waals surface area contributed by atoms with E-state index in [0.717, 1.165) is 27.3 Å². The van der Waals surface area contributed by atoms with E-state index in [9.17, 15) is 4.79 Å². The fourth-order valence-corrected chi connectivity index (χ4v) is 4.44. The summed E-state index contributed by atoms with van der Waals surface area (Å²) in [6.07, 6.45) is 0. The van der Waals surface area contributed by atoms with Gasteiger partial charge in [0.05, 0.1) is 10.2 Å². The Labute approximate surface area is 172 Å². The zero-order chi connectivity index (χ0) is 19.8. The number of aromatic nitrogens is 1. The van der Waals surface area contributed by atoms with Crippen molar-refractivity contribution in [1.29, 1.82) is 0 Å². The Morgan fingerprint density at radius 3 is 2.86 bits per heavy atom. The van der Waals surface area contributed by atoms with Gasteiger partial charge in [0.2, 0.25) is 6.79 Å². The highest BCUT2D eigenvalue weighted by atomic mass is 32.1. The second kappa shape index (κ2) is 7.29. The minimum Gasteiger partial charge on any atom is -0.454 e. The van der Waals surface area contributed by atoms with Crippen LogP contribution in [-0.2, 0) is 13.1 Å². The maximum atomic E-state index is 13.0. The lowest BCUT2D eigenvalue weighted by atomic mass is 10.1. The number of nitrogens with zero attached hydrogens (tertiary/aromatic N) is 1. The lowest BCUT2D eigenvalue weighted by Gasteiger charge is -2.13. The summed E-state index contributed by atoms with van der Waals surface area (Å²) in [5.41, 5.74) is 5.17. The first-order valence-electron chi connectivity index (χ1n) is 9.47. The van der Waals surface area contributed by atoms with E-state index in [1.807, 2.05) is 36.4 Å². The van der Waals surface area contributed by atoms with Crippen LogP contribution in [0.3, 0.4) is 0 Å². The third-order valence-electron chi connectivity index (χ3n) is 5.24. The molecule has 29 heavy (non-hydrogen) atoms. The molecular weight excluding hydrogens is 384 g/mol. The van der Waals surface area contributed by atoms with Crippen molar-refractivity contribution in [2.45, 2.75) is 20.0 Å². The molecule has 1 amide bonds. The normalized spacial score (nSPS) is 12.4. The van der Waals surface area contributed by atoms with Gasteiger partial charge in [-0.05, 0) is 53.3 Å². The summed E-state index contributed by atoms with van der Waals surface area (Å²) in [5, 5.41) is 5.11. The first-order valence-corrected chi connectivity index (χ1v) is 10.3. The quantitative estimate of drug-likeness (QED) is 0.524. The Morgan fingerprint density at radius 2 is 1.97 bits per heavy atom. The molecule has 0 radical (unpaired) electrons. The maximum Gasteiger partial charge on any atom is 0.268 e. The number of amides is 1. The molecule has 0 saturated heterocycles. The summed E-state index contributed by atoms with van der Waals surface area (Å²) in [6, 6.07) is 18.1. The smallest absolute Gasteiger partial charge is 0.268 e. The molecule has 4 aromatic rings. The van der Waals surface area contributed by atoms with Gasteiger partial charge >= 0.3 is 0 Å². The number of carbonyl (C=O) groups excluding carboxylic acids is 1.